The van der Waals surface area contributed by atoms with Gasteiger partial charge >= 0.3 is 0 Å². The van der Waals surface area contributed by atoms with E-state index in [1.54, 1.807) is 6.92 Å². The van der Waals surface area contributed by atoms with Crippen molar-refractivity contribution in [1.82, 2.24) is 0 Å². The summed E-state index contributed by atoms with van der Waals surface area (Å²) in [6, 6.07) is 7.41. The van der Waals surface area contributed by atoms with Crippen molar-refractivity contribution in [3.05, 3.63) is 29.8 Å². The Morgan fingerprint density at radius 2 is 2.19 bits per heavy atom. The molecule has 0 aromatic heterocycles. The molecule has 1 aliphatic rings. The molecule has 0 saturated heterocycles. The van der Waals surface area contributed by atoms with E-state index in [2.05, 4.69) is 0 Å². The lowest BCUT2D eigenvalue weighted by atomic mass is 10.1. The number of aliphatic hydroxyl groups is 2. The minimum atomic E-state index is -0.489. The smallest absolute Gasteiger partial charge is 0.124 e. The summed E-state index contributed by atoms with van der Waals surface area (Å²) in [7, 11) is 0. The van der Waals surface area contributed by atoms with Crippen LogP contribution in [0.2, 0.25) is 0 Å². The quantitative estimate of drug-likeness (QED) is 0.822. The van der Waals surface area contributed by atoms with Crippen molar-refractivity contribution < 1.29 is 14.9 Å². The summed E-state index contributed by atoms with van der Waals surface area (Å²) in [5.41, 5.74) is 0.838. The molecule has 88 valence electrons. The van der Waals surface area contributed by atoms with Gasteiger partial charge < -0.3 is 14.9 Å². The first-order chi connectivity index (χ1) is 7.66. The van der Waals surface area contributed by atoms with Gasteiger partial charge in [0.05, 0.1) is 12.2 Å². The molecule has 3 heteroatoms. The predicted molar refractivity (Wildman–Crippen MR) is 61.3 cm³/mol. The molecule has 3 atom stereocenters. The van der Waals surface area contributed by atoms with Gasteiger partial charge in [-0.1, -0.05) is 12.1 Å². The van der Waals surface area contributed by atoms with Gasteiger partial charge in [0.2, 0.25) is 0 Å². The van der Waals surface area contributed by atoms with E-state index in [4.69, 9.17) is 4.74 Å². The van der Waals surface area contributed by atoms with Gasteiger partial charge in [-0.15, -0.1) is 0 Å². The number of ether oxygens (including phenoxy) is 1. The van der Waals surface area contributed by atoms with Gasteiger partial charge in [0.15, 0.2) is 0 Å². The van der Waals surface area contributed by atoms with Crippen LogP contribution in [-0.4, -0.2) is 22.4 Å². The third kappa shape index (κ3) is 2.54. The predicted octanol–water partition coefficient (Wildman–Crippen LogP) is 2.03. The molecule has 1 aliphatic carbocycles. The topological polar surface area (TPSA) is 49.7 Å². The molecule has 0 aliphatic heterocycles. The Balaban J connectivity index is 2.06. The van der Waals surface area contributed by atoms with Gasteiger partial charge in [-0.3, -0.25) is 0 Å². The molecule has 0 heterocycles. The van der Waals surface area contributed by atoms with E-state index in [0.717, 1.165) is 30.6 Å². The second kappa shape index (κ2) is 4.85. The van der Waals surface area contributed by atoms with Crippen LogP contribution in [0.4, 0.5) is 0 Å². The zero-order chi connectivity index (χ0) is 11.5. The molecule has 0 radical (unpaired) electrons. The van der Waals surface area contributed by atoms with E-state index in [0.29, 0.717) is 0 Å². The zero-order valence-electron chi connectivity index (χ0n) is 9.47. The summed E-state index contributed by atoms with van der Waals surface area (Å²) in [5, 5.41) is 19.1. The highest BCUT2D eigenvalue weighted by atomic mass is 16.5. The molecule has 1 fully saturated rings. The van der Waals surface area contributed by atoms with Gasteiger partial charge in [0.1, 0.15) is 11.9 Å². The van der Waals surface area contributed by atoms with Gasteiger partial charge in [-0.2, -0.15) is 0 Å². The van der Waals surface area contributed by atoms with Crippen molar-refractivity contribution in [2.24, 2.45) is 0 Å². The molecule has 1 saturated carbocycles. The maximum absolute atomic E-state index is 9.65. The summed E-state index contributed by atoms with van der Waals surface area (Å²) in [6.07, 6.45) is 1.81. The second-order valence-electron chi connectivity index (χ2n) is 4.40. The van der Waals surface area contributed by atoms with Crippen LogP contribution in [-0.2, 0) is 0 Å². The molecule has 1 aromatic carbocycles. The van der Waals surface area contributed by atoms with E-state index in [1.807, 2.05) is 24.3 Å². The van der Waals surface area contributed by atoms with E-state index in [9.17, 15) is 10.2 Å². The van der Waals surface area contributed by atoms with E-state index >= 15 is 0 Å². The Bertz CT molecular complexity index is 349. The normalized spacial score (nSPS) is 26.7. The number of benzene rings is 1. The van der Waals surface area contributed by atoms with Crippen LogP contribution in [0.3, 0.4) is 0 Å². The Morgan fingerprint density at radius 3 is 2.81 bits per heavy atom. The van der Waals surface area contributed by atoms with Crippen LogP contribution in [0.15, 0.2) is 24.3 Å². The lowest BCUT2D eigenvalue weighted by molar-refractivity contribution is 0.0602. The van der Waals surface area contributed by atoms with Crippen molar-refractivity contribution in [3.8, 4) is 5.75 Å². The Morgan fingerprint density at radius 1 is 1.38 bits per heavy atom. The van der Waals surface area contributed by atoms with Crippen molar-refractivity contribution in [3.63, 3.8) is 0 Å². The van der Waals surface area contributed by atoms with Crippen molar-refractivity contribution in [1.29, 1.82) is 0 Å². The van der Waals surface area contributed by atoms with Gasteiger partial charge in [-0.25, -0.2) is 0 Å². The highest BCUT2D eigenvalue weighted by molar-refractivity contribution is 5.29. The highest BCUT2D eigenvalue weighted by Gasteiger charge is 2.26. The Labute approximate surface area is 95.7 Å². The zero-order valence-corrected chi connectivity index (χ0v) is 9.47. The van der Waals surface area contributed by atoms with E-state index < -0.39 is 6.10 Å². The summed E-state index contributed by atoms with van der Waals surface area (Å²) < 4.78 is 5.72. The van der Waals surface area contributed by atoms with Crippen LogP contribution in [0.25, 0.3) is 0 Å². The van der Waals surface area contributed by atoms with Crippen LogP contribution in [0.1, 0.15) is 37.9 Å². The minimum absolute atomic E-state index is 0.0933. The lowest BCUT2D eigenvalue weighted by Crippen LogP contribution is -2.25. The molecular formula is C13H18O3. The van der Waals surface area contributed by atoms with Crippen molar-refractivity contribution >= 4 is 0 Å². The number of hydrogen-bond donors (Lipinski definition) is 2. The Kier molecular flexibility index (Phi) is 3.46. The summed E-state index contributed by atoms with van der Waals surface area (Å²) in [6.45, 7) is 1.73. The molecule has 1 aromatic rings. The second-order valence-corrected chi connectivity index (χ2v) is 4.40. The third-order valence-electron chi connectivity index (χ3n) is 3.05. The van der Waals surface area contributed by atoms with E-state index in [1.165, 1.54) is 0 Å². The first-order valence-electron chi connectivity index (χ1n) is 5.79. The molecule has 2 N–H and O–H groups in total. The summed E-state index contributed by atoms with van der Waals surface area (Å²) >= 11 is 0. The van der Waals surface area contributed by atoms with Crippen LogP contribution < -0.4 is 4.74 Å². The third-order valence-corrected chi connectivity index (χ3v) is 3.05. The summed E-state index contributed by atoms with van der Waals surface area (Å²) in [5.74, 6) is 0.726. The fourth-order valence-corrected chi connectivity index (χ4v) is 2.07. The largest absolute Gasteiger partial charge is 0.488 e. The SMILES string of the molecule is CC(O)c1cccc(OC2CCCC2O)c1. The Hall–Kier alpha value is -1.06. The highest BCUT2D eigenvalue weighted by Crippen LogP contribution is 2.26. The maximum atomic E-state index is 9.65. The van der Waals surface area contributed by atoms with Crippen LogP contribution >= 0.6 is 0 Å². The first-order valence-corrected chi connectivity index (χ1v) is 5.79. The fraction of sp³-hybridized carbons (Fsp3) is 0.538. The number of aliphatic hydroxyl groups excluding tert-OH is 2. The molecule has 0 spiro atoms. The monoisotopic (exact) mass is 222 g/mol. The molecule has 16 heavy (non-hydrogen) atoms. The maximum Gasteiger partial charge on any atom is 0.124 e. The molecule has 3 unspecified atom stereocenters. The van der Waals surface area contributed by atoms with Gasteiger partial charge in [-0.05, 0) is 43.9 Å². The van der Waals surface area contributed by atoms with Gasteiger partial charge in [0.25, 0.3) is 0 Å². The van der Waals surface area contributed by atoms with Crippen LogP contribution in [0, 0.1) is 0 Å². The molecule has 3 nitrogen and oxygen atoms in total. The van der Waals surface area contributed by atoms with Crippen molar-refractivity contribution in [2.75, 3.05) is 0 Å². The number of hydrogen-bond acceptors (Lipinski definition) is 3. The van der Waals surface area contributed by atoms with Crippen molar-refractivity contribution in [2.45, 2.75) is 44.5 Å². The van der Waals surface area contributed by atoms with E-state index in [-0.39, 0.29) is 12.2 Å². The lowest BCUT2D eigenvalue weighted by Gasteiger charge is -2.17. The molecule has 0 amide bonds. The minimum Gasteiger partial charge on any atom is -0.488 e. The molecular weight excluding hydrogens is 204 g/mol. The average molecular weight is 222 g/mol. The van der Waals surface area contributed by atoms with Gasteiger partial charge in [0, 0.05) is 0 Å². The first kappa shape index (κ1) is 11.4. The molecule has 0 bridgehead atoms. The summed E-state index contributed by atoms with van der Waals surface area (Å²) in [4.78, 5) is 0. The van der Waals surface area contributed by atoms with Crippen LogP contribution in [0.5, 0.6) is 5.75 Å². The molecule has 2 rings (SSSR count). The number of rotatable bonds is 3. The standard InChI is InChI=1S/C13H18O3/c1-9(14)10-4-2-5-11(8-10)16-13-7-3-6-12(13)15/h2,4-5,8-9,12-15H,3,6-7H2,1H3. The fourth-order valence-electron chi connectivity index (χ4n) is 2.07. The average Bonchev–Trinajstić information content (AvgIpc) is 2.65.